The molecular weight excluding hydrogens is 268 g/mol. The van der Waals surface area contributed by atoms with E-state index in [2.05, 4.69) is 0 Å². The number of thiazole rings is 1. The molecule has 20 heavy (non-hydrogen) atoms. The van der Waals surface area contributed by atoms with E-state index in [0.717, 1.165) is 40.4 Å². The summed E-state index contributed by atoms with van der Waals surface area (Å²) in [5, 5.41) is 2.01. The van der Waals surface area contributed by atoms with Gasteiger partial charge >= 0.3 is 0 Å². The Labute approximate surface area is 122 Å². The maximum atomic E-state index is 11.6. The van der Waals surface area contributed by atoms with Gasteiger partial charge in [-0.2, -0.15) is 0 Å². The normalized spacial score (nSPS) is 38.7. The Hall–Kier alpha value is -1.16. The third kappa shape index (κ3) is 1.36. The molecule has 4 aliphatic carbocycles. The molecule has 2 heterocycles. The van der Waals surface area contributed by atoms with Crippen LogP contribution in [0, 0.1) is 17.8 Å². The fourth-order valence-electron chi connectivity index (χ4n) is 5.71. The Morgan fingerprint density at radius 3 is 2.45 bits per heavy atom. The quantitative estimate of drug-likeness (QED) is 0.789. The van der Waals surface area contributed by atoms with Gasteiger partial charge in [-0.25, -0.2) is 4.98 Å². The van der Waals surface area contributed by atoms with E-state index in [1.54, 1.807) is 11.3 Å². The van der Waals surface area contributed by atoms with Crippen LogP contribution in [0.2, 0.25) is 0 Å². The van der Waals surface area contributed by atoms with E-state index in [1.807, 2.05) is 16.0 Å². The van der Waals surface area contributed by atoms with Crippen LogP contribution in [0.1, 0.15) is 54.7 Å². The van der Waals surface area contributed by atoms with Crippen LogP contribution in [-0.4, -0.2) is 15.7 Å². The minimum absolute atomic E-state index is 0.219. The van der Waals surface area contributed by atoms with Crippen LogP contribution in [0.5, 0.6) is 0 Å². The van der Waals surface area contributed by atoms with Gasteiger partial charge < -0.3 is 0 Å². The van der Waals surface area contributed by atoms with E-state index in [0.29, 0.717) is 0 Å². The summed E-state index contributed by atoms with van der Waals surface area (Å²) in [6.07, 6.45) is 11.1. The Morgan fingerprint density at radius 1 is 1.20 bits per heavy atom. The highest BCUT2D eigenvalue weighted by Gasteiger charge is 2.53. The first-order valence-corrected chi connectivity index (χ1v) is 8.56. The van der Waals surface area contributed by atoms with Crippen molar-refractivity contribution < 1.29 is 4.79 Å². The Kier molecular flexibility index (Phi) is 2.14. The molecule has 4 bridgehead atoms. The van der Waals surface area contributed by atoms with Gasteiger partial charge in [0.15, 0.2) is 11.2 Å². The lowest BCUT2D eigenvalue weighted by Crippen LogP contribution is -2.49. The predicted octanol–water partition coefficient (Wildman–Crippen LogP) is 3.68. The maximum absolute atomic E-state index is 11.6. The molecular formula is C16H18N2OS. The number of imidazole rings is 1. The molecule has 3 nitrogen and oxygen atoms in total. The zero-order chi connectivity index (χ0) is 13.3. The van der Waals surface area contributed by atoms with Gasteiger partial charge in [0, 0.05) is 17.0 Å². The van der Waals surface area contributed by atoms with Crippen LogP contribution in [-0.2, 0) is 5.41 Å². The van der Waals surface area contributed by atoms with Crippen molar-refractivity contribution in [3.63, 3.8) is 0 Å². The van der Waals surface area contributed by atoms with Crippen molar-refractivity contribution in [1.82, 2.24) is 9.38 Å². The second kappa shape index (κ2) is 3.73. The standard InChI is InChI=1S/C16H18N2OS/c19-9-13-14(17-15-18(13)1-2-20-15)16-6-10-3-11(7-16)5-12(4-10)8-16/h1-2,9-12H,3-8H2. The second-order valence-electron chi connectivity index (χ2n) is 7.22. The fraction of sp³-hybridized carbons (Fsp3) is 0.625. The molecule has 0 atom stereocenters. The molecule has 6 rings (SSSR count). The number of carbonyl (C=O) groups is 1. The lowest BCUT2D eigenvalue weighted by molar-refractivity contribution is -0.00723. The number of aldehydes is 1. The molecule has 0 amide bonds. The molecule has 4 heteroatoms. The van der Waals surface area contributed by atoms with Gasteiger partial charge in [0.25, 0.3) is 0 Å². The van der Waals surface area contributed by atoms with Gasteiger partial charge in [-0.05, 0) is 56.3 Å². The fourth-order valence-corrected chi connectivity index (χ4v) is 6.43. The zero-order valence-corrected chi connectivity index (χ0v) is 12.2. The minimum atomic E-state index is 0.219. The first-order valence-electron chi connectivity index (χ1n) is 7.69. The van der Waals surface area contributed by atoms with Crippen molar-refractivity contribution in [2.24, 2.45) is 17.8 Å². The molecule has 4 fully saturated rings. The van der Waals surface area contributed by atoms with Crippen molar-refractivity contribution in [2.45, 2.75) is 43.9 Å². The third-order valence-electron chi connectivity index (χ3n) is 5.95. The Balaban J connectivity index is 1.70. The summed E-state index contributed by atoms with van der Waals surface area (Å²) in [5.74, 6) is 2.67. The Morgan fingerprint density at radius 2 is 1.85 bits per heavy atom. The van der Waals surface area contributed by atoms with Crippen molar-refractivity contribution >= 4 is 22.6 Å². The summed E-state index contributed by atoms with van der Waals surface area (Å²) in [6, 6.07) is 0. The molecule has 0 aliphatic heterocycles. The third-order valence-corrected chi connectivity index (χ3v) is 6.71. The molecule has 2 aromatic heterocycles. The first kappa shape index (κ1) is 11.5. The second-order valence-corrected chi connectivity index (χ2v) is 8.09. The molecule has 0 saturated heterocycles. The summed E-state index contributed by atoms with van der Waals surface area (Å²) in [6.45, 7) is 0. The predicted molar refractivity (Wildman–Crippen MR) is 78.3 cm³/mol. The minimum Gasteiger partial charge on any atom is -0.296 e. The molecule has 2 aromatic rings. The van der Waals surface area contributed by atoms with Gasteiger partial charge in [-0.1, -0.05) is 0 Å². The number of hydrogen-bond donors (Lipinski definition) is 0. The number of carbonyl (C=O) groups excluding carboxylic acids is 1. The maximum Gasteiger partial charge on any atom is 0.194 e. The Bertz CT molecular complexity index is 663. The van der Waals surface area contributed by atoms with Gasteiger partial charge in [0.05, 0.1) is 5.69 Å². The molecule has 0 aromatic carbocycles. The van der Waals surface area contributed by atoms with E-state index >= 15 is 0 Å². The SMILES string of the molecule is O=Cc1c(C23CC4CC(CC(C4)C2)C3)nc2sccn12. The average molecular weight is 286 g/mol. The largest absolute Gasteiger partial charge is 0.296 e. The molecule has 0 radical (unpaired) electrons. The highest BCUT2D eigenvalue weighted by Crippen LogP contribution is 2.60. The molecule has 0 N–H and O–H groups in total. The zero-order valence-electron chi connectivity index (χ0n) is 11.4. The van der Waals surface area contributed by atoms with Gasteiger partial charge in [0.1, 0.15) is 5.69 Å². The molecule has 4 aliphatic rings. The summed E-state index contributed by atoms with van der Waals surface area (Å²) in [4.78, 5) is 17.5. The number of aromatic nitrogens is 2. The van der Waals surface area contributed by atoms with Crippen LogP contribution in [0.3, 0.4) is 0 Å². The molecule has 104 valence electrons. The number of fused-ring (bicyclic) bond motifs is 1. The molecule has 0 spiro atoms. The number of hydrogen-bond acceptors (Lipinski definition) is 3. The van der Waals surface area contributed by atoms with E-state index in [1.165, 1.54) is 38.5 Å². The lowest BCUT2D eigenvalue weighted by Gasteiger charge is -2.56. The van der Waals surface area contributed by atoms with Crippen LogP contribution >= 0.6 is 11.3 Å². The van der Waals surface area contributed by atoms with E-state index in [-0.39, 0.29) is 5.41 Å². The van der Waals surface area contributed by atoms with Gasteiger partial charge in [-0.15, -0.1) is 11.3 Å². The van der Waals surface area contributed by atoms with Crippen LogP contribution in [0.15, 0.2) is 11.6 Å². The first-order chi connectivity index (χ1) is 9.77. The molecule has 4 saturated carbocycles. The molecule has 0 unspecified atom stereocenters. The van der Waals surface area contributed by atoms with Crippen LogP contribution < -0.4 is 0 Å². The van der Waals surface area contributed by atoms with Crippen LogP contribution in [0.25, 0.3) is 4.96 Å². The summed E-state index contributed by atoms with van der Waals surface area (Å²) >= 11 is 1.63. The monoisotopic (exact) mass is 286 g/mol. The number of nitrogens with zero attached hydrogens (tertiary/aromatic N) is 2. The van der Waals surface area contributed by atoms with Crippen molar-refractivity contribution in [1.29, 1.82) is 0 Å². The van der Waals surface area contributed by atoms with Crippen molar-refractivity contribution in [2.75, 3.05) is 0 Å². The van der Waals surface area contributed by atoms with Gasteiger partial charge in [-0.3, -0.25) is 9.20 Å². The van der Waals surface area contributed by atoms with Gasteiger partial charge in [0.2, 0.25) is 0 Å². The smallest absolute Gasteiger partial charge is 0.194 e. The topological polar surface area (TPSA) is 34.4 Å². The summed E-state index contributed by atoms with van der Waals surface area (Å²) < 4.78 is 1.99. The summed E-state index contributed by atoms with van der Waals surface area (Å²) in [5.41, 5.74) is 2.16. The van der Waals surface area contributed by atoms with Crippen LogP contribution in [0.4, 0.5) is 0 Å². The van der Waals surface area contributed by atoms with Crippen molar-refractivity contribution in [3.8, 4) is 0 Å². The highest BCUT2D eigenvalue weighted by atomic mass is 32.1. The summed E-state index contributed by atoms with van der Waals surface area (Å²) in [7, 11) is 0. The average Bonchev–Trinajstić information content (AvgIpc) is 2.96. The highest BCUT2D eigenvalue weighted by molar-refractivity contribution is 7.15. The van der Waals surface area contributed by atoms with E-state index < -0.39 is 0 Å². The number of rotatable bonds is 2. The lowest BCUT2D eigenvalue weighted by atomic mass is 9.48. The van der Waals surface area contributed by atoms with E-state index in [9.17, 15) is 4.79 Å². The van der Waals surface area contributed by atoms with Crippen molar-refractivity contribution in [3.05, 3.63) is 23.0 Å². The van der Waals surface area contributed by atoms with E-state index in [4.69, 9.17) is 4.98 Å².